The minimum Gasteiger partial charge on any atom is -0.399 e. The number of halogens is 2. The van der Waals surface area contributed by atoms with E-state index in [9.17, 15) is 22.0 Å². The molecule has 0 aliphatic rings. The minimum absolute atomic E-state index is 0.143. The van der Waals surface area contributed by atoms with Crippen molar-refractivity contribution in [1.29, 1.82) is 0 Å². The van der Waals surface area contributed by atoms with Gasteiger partial charge in [0.1, 0.15) is 16.5 Å². The number of nitrogen functional groups attached to an aromatic ring is 1. The Morgan fingerprint density at radius 3 is 2.25 bits per heavy atom. The van der Waals surface area contributed by atoms with Gasteiger partial charge < -0.3 is 11.1 Å². The van der Waals surface area contributed by atoms with Crippen LogP contribution in [0.3, 0.4) is 0 Å². The quantitative estimate of drug-likeness (QED) is 0.801. The monoisotopic (exact) mass is 306 g/mol. The van der Waals surface area contributed by atoms with Gasteiger partial charge in [0.05, 0.1) is 5.75 Å². The first-order chi connectivity index (χ1) is 9.13. The summed E-state index contributed by atoms with van der Waals surface area (Å²) in [6.07, 6.45) is -0.371. The van der Waals surface area contributed by atoms with E-state index in [1.165, 1.54) is 0 Å². The molecule has 0 radical (unpaired) electrons. The largest absolute Gasteiger partial charge is 0.399 e. The SMILES string of the molecule is CC(C)NC(=O)CCS(=O)(=O)c1c(F)cc(N)cc1F. The summed E-state index contributed by atoms with van der Waals surface area (Å²) in [7, 11) is -4.24. The summed E-state index contributed by atoms with van der Waals surface area (Å²) in [5.41, 5.74) is 5.00. The molecule has 0 atom stereocenters. The van der Waals surface area contributed by atoms with Gasteiger partial charge in [-0.1, -0.05) is 0 Å². The van der Waals surface area contributed by atoms with E-state index in [0.717, 1.165) is 12.1 Å². The maximum absolute atomic E-state index is 13.5. The maximum Gasteiger partial charge on any atom is 0.221 e. The average Bonchev–Trinajstić information content (AvgIpc) is 2.23. The number of rotatable bonds is 5. The summed E-state index contributed by atoms with van der Waals surface area (Å²) in [4.78, 5) is 10.3. The minimum atomic E-state index is -4.24. The van der Waals surface area contributed by atoms with Gasteiger partial charge in [0.15, 0.2) is 9.84 Å². The van der Waals surface area contributed by atoms with Crippen molar-refractivity contribution in [2.24, 2.45) is 0 Å². The zero-order valence-electron chi connectivity index (χ0n) is 11.1. The first kappa shape index (κ1) is 16.4. The molecule has 1 rings (SSSR count). The summed E-state index contributed by atoms with van der Waals surface area (Å²) in [5.74, 6) is -3.69. The highest BCUT2D eigenvalue weighted by Crippen LogP contribution is 2.23. The number of hydrogen-bond donors (Lipinski definition) is 2. The highest BCUT2D eigenvalue weighted by molar-refractivity contribution is 7.91. The zero-order valence-corrected chi connectivity index (χ0v) is 11.9. The number of hydrogen-bond acceptors (Lipinski definition) is 4. The topological polar surface area (TPSA) is 89.3 Å². The van der Waals surface area contributed by atoms with Gasteiger partial charge in [0.2, 0.25) is 5.91 Å². The molecule has 1 aromatic rings. The van der Waals surface area contributed by atoms with Crippen LogP contribution >= 0.6 is 0 Å². The van der Waals surface area contributed by atoms with Crippen molar-refractivity contribution < 1.29 is 22.0 Å². The van der Waals surface area contributed by atoms with Crippen molar-refractivity contribution in [3.8, 4) is 0 Å². The van der Waals surface area contributed by atoms with Gasteiger partial charge in [-0.15, -0.1) is 0 Å². The molecule has 0 unspecified atom stereocenters. The molecule has 0 bridgehead atoms. The molecule has 0 saturated heterocycles. The van der Waals surface area contributed by atoms with E-state index >= 15 is 0 Å². The summed E-state index contributed by atoms with van der Waals surface area (Å²) >= 11 is 0. The number of nitrogens with two attached hydrogens (primary N) is 1. The molecular weight excluding hydrogens is 290 g/mol. The molecular formula is C12H16F2N2O3S. The Balaban J connectivity index is 2.93. The third-order valence-corrected chi connectivity index (χ3v) is 4.13. The first-order valence-electron chi connectivity index (χ1n) is 5.90. The molecule has 5 nitrogen and oxygen atoms in total. The first-order valence-corrected chi connectivity index (χ1v) is 7.55. The fraction of sp³-hybridized carbons (Fsp3) is 0.417. The second kappa shape index (κ2) is 6.17. The van der Waals surface area contributed by atoms with Gasteiger partial charge in [0.25, 0.3) is 0 Å². The molecule has 0 saturated carbocycles. The van der Waals surface area contributed by atoms with Crippen LogP contribution in [0.2, 0.25) is 0 Å². The fourth-order valence-corrected chi connectivity index (χ4v) is 2.97. The molecule has 0 aliphatic heterocycles. The van der Waals surface area contributed by atoms with Gasteiger partial charge in [-0.25, -0.2) is 17.2 Å². The molecule has 8 heteroatoms. The van der Waals surface area contributed by atoms with E-state index in [1.54, 1.807) is 13.8 Å². The average molecular weight is 306 g/mol. The van der Waals surface area contributed by atoms with E-state index in [0.29, 0.717) is 0 Å². The third-order valence-electron chi connectivity index (χ3n) is 2.38. The lowest BCUT2D eigenvalue weighted by molar-refractivity contribution is -0.121. The number of benzene rings is 1. The summed E-state index contributed by atoms with van der Waals surface area (Å²) in [6.45, 7) is 3.43. The lowest BCUT2D eigenvalue weighted by Gasteiger charge is -2.10. The number of sulfone groups is 1. The highest BCUT2D eigenvalue weighted by Gasteiger charge is 2.25. The fourth-order valence-electron chi connectivity index (χ4n) is 1.60. The third kappa shape index (κ3) is 4.16. The molecule has 0 aromatic heterocycles. The summed E-state index contributed by atoms with van der Waals surface area (Å²) < 4.78 is 50.8. The predicted octanol–water partition coefficient (Wildman–Crippen LogP) is 1.24. The molecule has 3 N–H and O–H groups in total. The van der Waals surface area contributed by atoms with E-state index in [-0.39, 0.29) is 18.2 Å². The van der Waals surface area contributed by atoms with E-state index < -0.39 is 38.0 Å². The van der Waals surface area contributed by atoms with E-state index in [1.807, 2.05) is 0 Å². The van der Waals surface area contributed by atoms with Crippen LogP contribution in [-0.2, 0) is 14.6 Å². The van der Waals surface area contributed by atoms with Crippen LogP contribution in [0.4, 0.5) is 14.5 Å². The molecule has 20 heavy (non-hydrogen) atoms. The van der Waals surface area contributed by atoms with Crippen LogP contribution in [0.1, 0.15) is 20.3 Å². The summed E-state index contributed by atoms with van der Waals surface area (Å²) in [5, 5.41) is 2.49. The Morgan fingerprint density at radius 1 is 1.30 bits per heavy atom. The molecule has 0 aliphatic carbocycles. The number of nitrogens with one attached hydrogen (secondary N) is 1. The lowest BCUT2D eigenvalue weighted by atomic mass is 10.3. The van der Waals surface area contributed by atoms with E-state index in [2.05, 4.69) is 5.32 Å². The van der Waals surface area contributed by atoms with Crippen LogP contribution < -0.4 is 11.1 Å². The number of anilines is 1. The second-order valence-electron chi connectivity index (χ2n) is 4.60. The molecule has 112 valence electrons. The Labute approximate surface area is 116 Å². The molecule has 0 fully saturated rings. The van der Waals surface area contributed by atoms with Crippen molar-refractivity contribution in [3.05, 3.63) is 23.8 Å². The van der Waals surface area contributed by atoms with Crippen molar-refractivity contribution >= 4 is 21.4 Å². The van der Waals surface area contributed by atoms with Crippen LogP contribution in [0.15, 0.2) is 17.0 Å². The Morgan fingerprint density at radius 2 is 1.80 bits per heavy atom. The molecule has 0 spiro atoms. The van der Waals surface area contributed by atoms with Crippen LogP contribution in [0.25, 0.3) is 0 Å². The van der Waals surface area contributed by atoms with Gasteiger partial charge in [0, 0.05) is 18.2 Å². The molecule has 1 amide bonds. The van der Waals surface area contributed by atoms with E-state index in [4.69, 9.17) is 5.73 Å². The second-order valence-corrected chi connectivity index (χ2v) is 6.65. The van der Waals surface area contributed by atoms with Gasteiger partial charge in [-0.2, -0.15) is 0 Å². The Hall–Kier alpha value is -1.70. The van der Waals surface area contributed by atoms with Crippen LogP contribution in [-0.4, -0.2) is 26.1 Å². The maximum atomic E-state index is 13.5. The summed E-state index contributed by atoms with van der Waals surface area (Å²) in [6, 6.07) is 1.31. The van der Waals surface area contributed by atoms with Gasteiger partial charge in [-0.3, -0.25) is 4.79 Å². The highest BCUT2D eigenvalue weighted by atomic mass is 32.2. The molecule has 1 aromatic carbocycles. The van der Waals surface area contributed by atoms with Crippen LogP contribution in [0, 0.1) is 11.6 Å². The predicted molar refractivity (Wildman–Crippen MR) is 70.7 cm³/mol. The normalized spacial score (nSPS) is 11.7. The van der Waals surface area contributed by atoms with Crippen molar-refractivity contribution in [2.75, 3.05) is 11.5 Å². The van der Waals surface area contributed by atoms with Crippen molar-refractivity contribution in [2.45, 2.75) is 31.2 Å². The van der Waals surface area contributed by atoms with Gasteiger partial charge >= 0.3 is 0 Å². The Bertz CT molecular complexity index is 592. The van der Waals surface area contributed by atoms with Crippen LogP contribution in [0.5, 0.6) is 0 Å². The van der Waals surface area contributed by atoms with Crippen molar-refractivity contribution in [3.63, 3.8) is 0 Å². The zero-order chi connectivity index (χ0) is 15.5. The Kier molecular flexibility index (Phi) is 5.04. The molecule has 0 heterocycles. The standard InChI is InChI=1S/C12H16F2N2O3S/c1-7(2)16-11(17)3-4-20(18,19)12-9(13)5-8(15)6-10(12)14/h5-7H,3-4,15H2,1-2H3,(H,16,17). The number of carbonyl (C=O) groups excluding carboxylic acids is 1. The van der Waals surface area contributed by atoms with Gasteiger partial charge in [-0.05, 0) is 26.0 Å². The lowest BCUT2D eigenvalue weighted by Crippen LogP contribution is -2.31. The van der Waals surface area contributed by atoms with Crippen molar-refractivity contribution in [1.82, 2.24) is 5.32 Å². The smallest absolute Gasteiger partial charge is 0.221 e. The number of amides is 1. The number of carbonyl (C=O) groups is 1.